The first-order valence-corrected chi connectivity index (χ1v) is 18.6. The molecule has 0 atom stereocenters. The summed E-state index contributed by atoms with van der Waals surface area (Å²) in [6.45, 7) is 13.4. The fraction of sp³-hybridized carbons (Fsp3) is 0.535. The van der Waals surface area contributed by atoms with Crippen LogP contribution in [0.1, 0.15) is 96.1 Å². The number of nitrogens with one attached hydrogen (secondary N) is 2. The molecule has 0 unspecified atom stereocenters. The fourth-order valence-electron chi connectivity index (χ4n) is 4.68. The van der Waals surface area contributed by atoms with Crippen molar-refractivity contribution in [1.29, 1.82) is 0 Å². The van der Waals surface area contributed by atoms with Gasteiger partial charge in [-0.2, -0.15) is 0 Å². The molecule has 0 radical (unpaired) electrons. The first-order valence-electron chi connectivity index (χ1n) is 18.6. The molecule has 0 saturated carbocycles. The van der Waals surface area contributed by atoms with Crippen molar-refractivity contribution in [2.24, 2.45) is 5.41 Å². The summed E-state index contributed by atoms with van der Waals surface area (Å²) in [7, 11) is 0. The van der Waals surface area contributed by atoms with Crippen LogP contribution in [-0.2, 0) is 19.1 Å². The molecule has 2 N–H and O–H groups in total. The molecule has 2 amide bonds. The third-order valence-electron chi connectivity index (χ3n) is 7.77. The van der Waals surface area contributed by atoms with Crippen LogP contribution >= 0.6 is 0 Å². The van der Waals surface area contributed by atoms with E-state index < -0.39 is 5.41 Å². The van der Waals surface area contributed by atoms with Crippen molar-refractivity contribution in [2.45, 2.75) is 98.8 Å². The molecule has 0 aromatic heterocycles. The molecule has 0 spiro atoms. The summed E-state index contributed by atoms with van der Waals surface area (Å²) in [5.41, 5.74) is 1.81. The molecule has 0 aliphatic carbocycles. The van der Waals surface area contributed by atoms with Crippen molar-refractivity contribution in [3.8, 4) is 5.75 Å². The Morgan fingerprint density at radius 3 is 1.76 bits per heavy atom. The maximum Gasteiger partial charge on any atom is 0.225 e. The molecule has 7 heteroatoms. The summed E-state index contributed by atoms with van der Waals surface area (Å²) in [6, 6.07) is 6.19. The summed E-state index contributed by atoms with van der Waals surface area (Å²) in [6.07, 6.45) is 34.7. The molecule has 7 nitrogen and oxygen atoms in total. The average Bonchev–Trinajstić information content (AvgIpc) is 3.09. The highest BCUT2D eigenvalue weighted by Gasteiger charge is 2.26. The summed E-state index contributed by atoms with van der Waals surface area (Å²) >= 11 is 0. The van der Waals surface area contributed by atoms with Crippen LogP contribution in [0.4, 0.5) is 0 Å². The molecule has 0 saturated heterocycles. The van der Waals surface area contributed by atoms with Gasteiger partial charge < -0.3 is 24.8 Å². The van der Waals surface area contributed by atoms with Crippen LogP contribution in [0.25, 0.3) is 0 Å². The molecule has 1 aromatic rings. The van der Waals surface area contributed by atoms with E-state index in [0.717, 1.165) is 69.1 Å². The number of hydrogen-bond donors (Lipinski definition) is 2. The number of allylic oxidation sites excluding steroid dienone is 12. The molecule has 278 valence electrons. The topological polar surface area (TPSA) is 85.9 Å². The summed E-state index contributed by atoms with van der Waals surface area (Å²) in [4.78, 5) is 24.6. The number of aryl methyl sites for hydroxylation is 2. The first kappa shape index (κ1) is 44.3. The summed E-state index contributed by atoms with van der Waals surface area (Å²) < 4.78 is 17.0. The van der Waals surface area contributed by atoms with Gasteiger partial charge in [0.15, 0.2) is 0 Å². The van der Waals surface area contributed by atoms with E-state index in [0.29, 0.717) is 52.5 Å². The number of rotatable bonds is 29. The lowest BCUT2D eigenvalue weighted by molar-refractivity contribution is -0.130. The number of carbonyl (C=O) groups is 2. The minimum atomic E-state index is -0.480. The Balaban J connectivity index is 1.94. The molecular formula is C43H66N2O5. The standard InChI is InChI=1S/C43H66N2O5/c1-6-7-8-9-10-11-12-13-14-15-16-17-18-19-20-21-22-23-24-26-41(46)44-30-33-48-35-36-49-34-31-45-42(47)43(4,5)29-25-32-50-40-37-38(2)27-28-39(40)3/h7-8,10-11,13-14,16-17,19-20,22-23,27-28,37H,6,9,12,15,18,21,24-26,29-36H2,1-5H3,(H,44,46)(H,45,47)/b8-7-,11-10-,14-13-,17-16-,20-19-,23-22-. The van der Waals surface area contributed by atoms with Crippen molar-refractivity contribution < 1.29 is 23.8 Å². The highest BCUT2D eigenvalue weighted by molar-refractivity contribution is 5.81. The first-order chi connectivity index (χ1) is 24.3. The van der Waals surface area contributed by atoms with Crippen LogP contribution in [0.3, 0.4) is 0 Å². The SMILES string of the molecule is CC/C=C\C/C=C\C/C=C\C/C=C\C/C=C\C/C=C\CCC(=O)NCCOCCOCCNC(=O)C(C)(C)CCCOc1cc(C)ccc1C. The lowest BCUT2D eigenvalue weighted by atomic mass is 9.87. The fourth-order valence-corrected chi connectivity index (χ4v) is 4.68. The van der Waals surface area contributed by atoms with Gasteiger partial charge >= 0.3 is 0 Å². The molecule has 0 aliphatic heterocycles. The Labute approximate surface area is 304 Å². The van der Waals surface area contributed by atoms with E-state index >= 15 is 0 Å². The molecule has 50 heavy (non-hydrogen) atoms. The van der Waals surface area contributed by atoms with Gasteiger partial charge in [0.05, 0.1) is 33.0 Å². The Kier molecular flexibility index (Phi) is 26.8. The molecule has 1 aromatic carbocycles. The van der Waals surface area contributed by atoms with E-state index in [-0.39, 0.29) is 11.8 Å². The monoisotopic (exact) mass is 690 g/mol. The highest BCUT2D eigenvalue weighted by Crippen LogP contribution is 2.24. The largest absolute Gasteiger partial charge is 0.493 e. The van der Waals surface area contributed by atoms with Crippen LogP contribution in [-0.4, -0.2) is 57.9 Å². The van der Waals surface area contributed by atoms with Gasteiger partial charge in [-0.3, -0.25) is 9.59 Å². The van der Waals surface area contributed by atoms with Crippen LogP contribution < -0.4 is 15.4 Å². The van der Waals surface area contributed by atoms with E-state index in [1.165, 1.54) is 5.56 Å². The second-order valence-corrected chi connectivity index (χ2v) is 12.9. The van der Waals surface area contributed by atoms with Gasteiger partial charge in [-0.25, -0.2) is 0 Å². The van der Waals surface area contributed by atoms with Crippen LogP contribution in [0.2, 0.25) is 0 Å². The van der Waals surface area contributed by atoms with E-state index in [1.54, 1.807) is 0 Å². The molecule has 0 fully saturated rings. The molecule has 1 rings (SSSR count). The molecule has 0 heterocycles. The number of carbonyl (C=O) groups excluding carboxylic acids is 2. The van der Waals surface area contributed by atoms with E-state index in [9.17, 15) is 9.59 Å². The van der Waals surface area contributed by atoms with E-state index in [4.69, 9.17) is 14.2 Å². The predicted octanol–water partition coefficient (Wildman–Crippen LogP) is 9.23. The Bertz CT molecular complexity index is 1230. The maximum atomic E-state index is 12.6. The maximum absolute atomic E-state index is 12.6. The van der Waals surface area contributed by atoms with Crippen LogP contribution in [0.5, 0.6) is 5.75 Å². The van der Waals surface area contributed by atoms with Crippen molar-refractivity contribution in [1.82, 2.24) is 10.6 Å². The van der Waals surface area contributed by atoms with Crippen molar-refractivity contribution in [3.05, 3.63) is 102 Å². The second kappa shape index (κ2) is 30.2. The quantitative estimate of drug-likeness (QED) is 0.0647. The van der Waals surface area contributed by atoms with Crippen molar-refractivity contribution in [2.75, 3.05) is 46.1 Å². The van der Waals surface area contributed by atoms with Gasteiger partial charge in [-0.15, -0.1) is 0 Å². The zero-order valence-corrected chi connectivity index (χ0v) is 31.7. The van der Waals surface area contributed by atoms with Gasteiger partial charge in [0.25, 0.3) is 0 Å². The average molecular weight is 691 g/mol. The number of ether oxygens (including phenoxy) is 3. The van der Waals surface area contributed by atoms with E-state index in [1.807, 2.05) is 26.8 Å². The second-order valence-electron chi connectivity index (χ2n) is 12.9. The van der Waals surface area contributed by atoms with Gasteiger partial charge in [0.1, 0.15) is 5.75 Å². The van der Waals surface area contributed by atoms with Crippen molar-refractivity contribution in [3.63, 3.8) is 0 Å². The normalized spacial score (nSPS) is 12.5. The number of benzene rings is 1. The minimum Gasteiger partial charge on any atom is -0.493 e. The lowest BCUT2D eigenvalue weighted by Gasteiger charge is -2.23. The third kappa shape index (κ3) is 25.3. The Hall–Kier alpha value is -3.68. The lowest BCUT2D eigenvalue weighted by Crippen LogP contribution is -2.38. The zero-order chi connectivity index (χ0) is 36.5. The van der Waals surface area contributed by atoms with Crippen molar-refractivity contribution >= 4 is 11.8 Å². The summed E-state index contributed by atoms with van der Waals surface area (Å²) in [5, 5.41) is 5.85. The Morgan fingerprint density at radius 1 is 0.680 bits per heavy atom. The minimum absolute atomic E-state index is 0.0145. The van der Waals surface area contributed by atoms with Gasteiger partial charge in [-0.05, 0) is 88.8 Å². The number of amides is 2. The molecule has 0 aliphatic rings. The van der Waals surface area contributed by atoms with Crippen LogP contribution in [0, 0.1) is 19.3 Å². The zero-order valence-electron chi connectivity index (χ0n) is 31.7. The smallest absolute Gasteiger partial charge is 0.225 e. The van der Waals surface area contributed by atoms with E-state index in [2.05, 4.69) is 110 Å². The summed E-state index contributed by atoms with van der Waals surface area (Å²) in [5.74, 6) is 0.948. The van der Waals surface area contributed by atoms with Gasteiger partial charge in [0.2, 0.25) is 11.8 Å². The predicted molar refractivity (Wildman–Crippen MR) is 210 cm³/mol. The highest BCUT2D eigenvalue weighted by atomic mass is 16.5. The van der Waals surface area contributed by atoms with Gasteiger partial charge in [-0.1, -0.05) is 106 Å². The van der Waals surface area contributed by atoms with Crippen LogP contribution in [0.15, 0.2) is 91.1 Å². The number of hydrogen-bond acceptors (Lipinski definition) is 5. The molecular weight excluding hydrogens is 624 g/mol. The third-order valence-corrected chi connectivity index (χ3v) is 7.77. The van der Waals surface area contributed by atoms with Gasteiger partial charge in [0, 0.05) is 24.9 Å². The molecule has 0 bridgehead atoms. The Morgan fingerprint density at radius 2 is 1.20 bits per heavy atom.